The highest BCUT2D eigenvalue weighted by molar-refractivity contribution is 7.99. The fourth-order valence-corrected chi connectivity index (χ4v) is 4.11. The molecular formula is C14H20FNOS2. The lowest BCUT2D eigenvalue weighted by Gasteiger charge is -2.26. The molecule has 1 aromatic carbocycles. The Hall–Kier alpha value is -0.230. The Morgan fingerprint density at radius 2 is 2.32 bits per heavy atom. The Morgan fingerprint density at radius 3 is 3.16 bits per heavy atom. The predicted octanol–water partition coefficient (Wildman–Crippen LogP) is 3.07. The lowest BCUT2D eigenvalue weighted by Crippen LogP contribution is -2.27. The molecule has 0 aromatic heterocycles. The number of halogens is 1. The first-order chi connectivity index (χ1) is 9.33. The third-order valence-corrected chi connectivity index (χ3v) is 5.34. The van der Waals surface area contributed by atoms with E-state index in [9.17, 15) is 4.39 Å². The lowest BCUT2D eigenvalue weighted by atomic mass is 10.0. The predicted molar refractivity (Wildman–Crippen MR) is 81.5 cm³/mol. The summed E-state index contributed by atoms with van der Waals surface area (Å²) in [4.78, 5) is 0.819. The number of rotatable bonds is 7. The summed E-state index contributed by atoms with van der Waals surface area (Å²) in [5.41, 5.74) is 1.11. The highest BCUT2D eigenvalue weighted by Gasteiger charge is 2.22. The van der Waals surface area contributed by atoms with E-state index in [0.29, 0.717) is 0 Å². The van der Waals surface area contributed by atoms with Gasteiger partial charge in [0.25, 0.3) is 0 Å². The minimum Gasteiger partial charge on any atom is -0.396 e. The number of nitrogens with one attached hydrogen (secondary N) is 1. The van der Waals surface area contributed by atoms with Gasteiger partial charge in [-0.1, -0.05) is 12.1 Å². The van der Waals surface area contributed by atoms with Crippen LogP contribution in [0, 0.1) is 5.82 Å². The quantitative estimate of drug-likeness (QED) is 0.758. The lowest BCUT2D eigenvalue weighted by molar-refractivity contribution is 0.296. The molecule has 19 heavy (non-hydrogen) atoms. The van der Waals surface area contributed by atoms with Crippen LogP contribution in [0.4, 0.5) is 4.39 Å². The molecule has 1 aromatic rings. The van der Waals surface area contributed by atoms with Gasteiger partial charge in [0.1, 0.15) is 5.82 Å². The average Bonchev–Trinajstić information content (AvgIpc) is 2.43. The minimum atomic E-state index is -0.0914. The molecule has 1 atom stereocenters. The van der Waals surface area contributed by atoms with Crippen LogP contribution in [0.1, 0.15) is 24.4 Å². The van der Waals surface area contributed by atoms with Crippen molar-refractivity contribution in [1.29, 1.82) is 0 Å². The van der Waals surface area contributed by atoms with Crippen LogP contribution in [0.25, 0.3) is 0 Å². The topological polar surface area (TPSA) is 32.3 Å². The van der Waals surface area contributed by atoms with Gasteiger partial charge < -0.3 is 10.4 Å². The Bertz CT molecular complexity index is 403. The number of aliphatic hydroxyl groups is 1. The van der Waals surface area contributed by atoms with Crippen molar-refractivity contribution in [3.63, 3.8) is 0 Å². The zero-order valence-electron chi connectivity index (χ0n) is 10.9. The van der Waals surface area contributed by atoms with Crippen LogP contribution in [0.5, 0.6) is 0 Å². The largest absolute Gasteiger partial charge is 0.396 e. The number of hydrogen-bond acceptors (Lipinski definition) is 4. The molecule has 1 unspecified atom stereocenters. The van der Waals surface area contributed by atoms with Gasteiger partial charge >= 0.3 is 0 Å². The van der Waals surface area contributed by atoms with Gasteiger partial charge in [-0.3, -0.25) is 0 Å². The summed E-state index contributed by atoms with van der Waals surface area (Å²) in [7, 11) is 0. The Kier molecular flexibility index (Phi) is 6.50. The smallest absolute Gasteiger partial charge is 0.137 e. The van der Waals surface area contributed by atoms with Crippen molar-refractivity contribution < 1.29 is 9.50 Å². The average molecular weight is 301 g/mol. The monoisotopic (exact) mass is 301 g/mol. The molecule has 2 nitrogen and oxygen atoms in total. The maximum absolute atomic E-state index is 13.7. The molecule has 106 valence electrons. The van der Waals surface area contributed by atoms with Gasteiger partial charge in [0, 0.05) is 29.8 Å². The molecule has 0 fully saturated rings. The molecule has 0 radical (unpaired) electrons. The van der Waals surface area contributed by atoms with Crippen molar-refractivity contribution in [2.75, 3.05) is 30.4 Å². The SMILES string of the molecule is OCCCSCCNC1CCSc2c(F)cccc21. The standard InChI is InChI=1S/C14H20FNOS2/c15-12-4-1-3-11-13(5-9-19-14(11)12)16-6-10-18-8-2-7-17/h1,3-4,13,16-17H,2,5-10H2. The highest BCUT2D eigenvalue weighted by atomic mass is 32.2. The second-order valence-electron chi connectivity index (χ2n) is 4.49. The van der Waals surface area contributed by atoms with E-state index < -0.39 is 0 Å². The first-order valence-corrected chi connectivity index (χ1v) is 8.80. The normalized spacial score (nSPS) is 18.3. The van der Waals surface area contributed by atoms with Crippen molar-refractivity contribution >= 4 is 23.5 Å². The van der Waals surface area contributed by atoms with Crippen LogP contribution in [0.15, 0.2) is 23.1 Å². The maximum Gasteiger partial charge on any atom is 0.137 e. The van der Waals surface area contributed by atoms with Gasteiger partial charge in [-0.05, 0) is 36.0 Å². The van der Waals surface area contributed by atoms with Gasteiger partial charge in [0.15, 0.2) is 0 Å². The van der Waals surface area contributed by atoms with E-state index in [1.165, 1.54) is 0 Å². The van der Waals surface area contributed by atoms with Crippen LogP contribution in [0.2, 0.25) is 0 Å². The summed E-state index contributed by atoms with van der Waals surface area (Å²) in [6.45, 7) is 1.20. The van der Waals surface area contributed by atoms with E-state index in [1.807, 2.05) is 17.8 Å². The fourth-order valence-electron chi connectivity index (χ4n) is 2.17. The zero-order valence-corrected chi connectivity index (χ0v) is 12.5. The third kappa shape index (κ3) is 4.38. The number of aliphatic hydroxyl groups excluding tert-OH is 1. The Morgan fingerprint density at radius 1 is 1.42 bits per heavy atom. The van der Waals surface area contributed by atoms with Crippen LogP contribution < -0.4 is 5.32 Å². The first kappa shape index (κ1) is 15.2. The molecule has 1 aliphatic rings. The molecule has 0 saturated carbocycles. The molecule has 5 heteroatoms. The van der Waals surface area contributed by atoms with Crippen molar-refractivity contribution in [3.05, 3.63) is 29.6 Å². The number of hydrogen-bond donors (Lipinski definition) is 2. The Labute approximate surface area is 122 Å². The second-order valence-corrected chi connectivity index (χ2v) is 6.82. The van der Waals surface area contributed by atoms with Gasteiger partial charge in [-0.25, -0.2) is 4.39 Å². The van der Waals surface area contributed by atoms with Crippen LogP contribution in [-0.4, -0.2) is 35.5 Å². The van der Waals surface area contributed by atoms with Crippen molar-refractivity contribution in [2.45, 2.75) is 23.8 Å². The van der Waals surface area contributed by atoms with Gasteiger partial charge in [-0.15, -0.1) is 11.8 Å². The van der Waals surface area contributed by atoms with Crippen molar-refractivity contribution in [3.8, 4) is 0 Å². The van der Waals surface area contributed by atoms with E-state index in [-0.39, 0.29) is 18.5 Å². The molecule has 0 amide bonds. The van der Waals surface area contributed by atoms with Crippen molar-refractivity contribution in [1.82, 2.24) is 5.32 Å². The van der Waals surface area contributed by atoms with E-state index in [4.69, 9.17) is 5.11 Å². The number of fused-ring (bicyclic) bond motifs is 1. The maximum atomic E-state index is 13.7. The van der Waals surface area contributed by atoms with Crippen molar-refractivity contribution in [2.24, 2.45) is 0 Å². The molecule has 2 rings (SSSR count). The molecule has 0 spiro atoms. The summed E-state index contributed by atoms with van der Waals surface area (Å²) < 4.78 is 13.7. The molecular weight excluding hydrogens is 281 g/mol. The van der Waals surface area contributed by atoms with Gasteiger partial charge in [0.05, 0.1) is 0 Å². The van der Waals surface area contributed by atoms with E-state index >= 15 is 0 Å². The zero-order chi connectivity index (χ0) is 13.5. The summed E-state index contributed by atoms with van der Waals surface area (Å²) in [6.07, 6.45) is 1.92. The van der Waals surface area contributed by atoms with Gasteiger partial charge in [0.2, 0.25) is 0 Å². The Balaban J connectivity index is 1.81. The molecule has 0 saturated heterocycles. The van der Waals surface area contributed by atoms with Gasteiger partial charge in [-0.2, -0.15) is 11.8 Å². The number of benzene rings is 1. The van der Waals surface area contributed by atoms with E-state index in [1.54, 1.807) is 23.9 Å². The molecule has 2 N–H and O–H groups in total. The fraction of sp³-hybridized carbons (Fsp3) is 0.571. The summed E-state index contributed by atoms with van der Waals surface area (Å²) in [6, 6.07) is 5.65. The molecule has 1 heterocycles. The van der Waals surface area contributed by atoms with E-state index in [2.05, 4.69) is 5.32 Å². The van der Waals surface area contributed by atoms with Crippen LogP contribution >= 0.6 is 23.5 Å². The summed E-state index contributed by atoms with van der Waals surface area (Å²) >= 11 is 3.47. The molecule has 0 aliphatic carbocycles. The highest BCUT2D eigenvalue weighted by Crippen LogP contribution is 2.37. The molecule has 1 aliphatic heterocycles. The van der Waals surface area contributed by atoms with Crippen LogP contribution in [-0.2, 0) is 0 Å². The van der Waals surface area contributed by atoms with E-state index in [0.717, 1.165) is 47.1 Å². The molecule has 0 bridgehead atoms. The number of thioether (sulfide) groups is 2. The summed E-state index contributed by atoms with van der Waals surface area (Å²) in [5, 5.41) is 12.2. The summed E-state index contributed by atoms with van der Waals surface area (Å²) in [5.74, 6) is 2.92. The first-order valence-electron chi connectivity index (χ1n) is 6.66. The third-order valence-electron chi connectivity index (χ3n) is 3.11. The minimum absolute atomic E-state index is 0.0914. The second kappa shape index (κ2) is 8.15. The van der Waals surface area contributed by atoms with Crippen LogP contribution in [0.3, 0.4) is 0 Å².